The van der Waals surface area contributed by atoms with Gasteiger partial charge in [0.05, 0.1) is 5.75 Å². The van der Waals surface area contributed by atoms with Crippen LogP contribution in [0.25, 0.3) is 0 Å². The fourth-order valence-electron chi connectivity index (χ4n) is 3.56. The van der Waals surface area contributed by atoms with Crippen LogP contribution in [0.2, 0.25) is 0 Å². The lowest BCUT2D eigenvalue weighted by Gasteiger charge is -2.20. The predicted octanol–water partition coefficient (Wildman–Crippen LogP) is 6.51. The van der Waals surface area contributed by atoms with E-state index in [1.165, 1.54) is 0 Å². The summed E-state index contributed by atoms with van der Waals surface area (Å²) in [6.45, 7) is 0. The first-order chi connectivity index (χ1) is 16.0. The third kappa shape index (κ3) is 6.02. The number of benzene rings is 2. The first kappa shape index (κ1) is 25.9. The van der Waals surface area contributed by atoms with Crippen molar-refractivity contribution in [1.29, 1.82) is 0 Å². The number of hydrogen-bond donors (Lipinski definition) is 2. The molecule has 3 rings (SSSR count). The minimum Gasteiger partial charge on any atom is -0.326 e. The molecular formula is C22H19F7N2O2S. The van der Waals surface area contributed by atoms with Crippen molar-refractivity contribution in [2.45, 2.75) is 43.2 Å². The number of anilines is 2. The number of alkyl halides is 3. The van der Waals surface area contributed by atoms with Crippen LogP contribution < -0.4 is 10.6 Å². The summed E-state index contributed by atoms with van der Waals surface area (Å²) in [5.74, 6) is -11.7. The molecule has 2 N–H and O–H groups in total. The summed E-state index contributed by atoms with van der Waals surface area (Å²) in [5, 5.41) is 4.38. The second kappa shape index (κ2) is 10.7. The summed E-state index contributed by atoms with van der Waals surface area (Å²) in [5.41, 5.74) is -3.82. The Hall–Kier alpha value is -2.76. The second-order valence-electron chi connectivity index (χ2n) is 7.69. The first-order valence-electron chi connectivity index (χ1n) is 10.3. The number of thioether (sulfide) groups is 1. The van der Waals surface area contributed by atoms with Crippen LogP contribution in [-0.2, 0) is 15.8 Å². The van der Waals surface area contributed by atoms with Crippen molar-refractivity contribution in [3.05, 3.63) is 53.1 Å². The van der Waals surface area contributed by atoms with Crippen LogP contribution in [0.5, 0.6) is 0 Å². The van der Waals surface area contributed by atoms with Gasteiger partial charge >= 0.3 is 6.18 Å². The van der Waals surface area contributed by atoms with Gasteiger partial charge in [0.25, 0.3) is 0 Å². The van der Waals surface area contributed by atoms with Crippen molar-refractivity contribution in [3.8, 4) is 0 Å². The number of amides is 2. The van der Waals surface area contributed by atoms with Crippen molar-refractivity contribution in [2.24, 2.45) is 5.92 Å². The molecule has 0 atom stereocenters. The van der Waals surface area contributed by atoms with Crippen molar-refractivity contribution < 1.29 is 40.3 Å². The summed E-state index contributed by atoms with van der Waals surface area (Å²) >= 11 is 0.894. The smallest absolute Gasteiger partial charge is 0.326 e. The van der Waals surface area contributed by atoms with Crippen molar-refractivity contribution >= 4 is 35.0 Å². The molecule has 0 spiro atoms. The molecule has 1 aliphatic carbocycles. The largest absolute Gasteiger partial charge is 0.422 e. The molecule has 0 saturated heterocycles. The van der Waals surface area contributed by atoms with Gasteiger partial charge in [-0.2, -0.15) is 13.2 Å². The Morgan fingerprint density at radius 2 is 1.41 bits per heavy atom. The fraction of sp³-hybridized carbons (Fsp3) is 0.364. The molecule has 2 amide bonds. The van der Waals surface area contributed by atoms with Crippen LogP contribution >= 0.6 is 11.8 Å². The molecule has 1 aliphatic rings. The van der Waals surface area contributed by atoms with Gasteiger partial charge in [-0.25, -0.2) is 17.6 Å². The quantitative estimate of drug-likeness (QED) is 0.266. The van der Waals surface area contributed by atoms with Gasteiger partial charge in [-0.05, 0) is 37.1 Å². The Morgan fingerprint density at radius 3 is 1.94 bits per heavy atom. The van der Waals surface area contributed by atoms with Gasteiger partial charge < -0.3 is 10.6 Å². The van der Waals surface area contributed by atoms with E-state index in [-0.39, 0.29) is 11.8 Å². The maximum Gasteiger partial charge on any atom is 0.422 e. The van der Waals surface area contributed by atoms with Crippen molar-refractivity contribution in [2.75, 3.05) is 16.4 Å². The SMILES string of the molecule is O=C(CSc1ccc(NC(=O)C2CCCCC2)cc1)Nc1c(F)c(F)c(C(F)(F)F)c(F)c1F. The standard InChI is InChI=1S/C22H19F7N2O2S/c23-16-15(22(27,28)29)17(24)19(26)20(18(16)25)31-14(32)10-34-13-8-6-12(7-9-13)30-21(33)11-4-2-1-3-5-11/h6-9,11H,1-5,10H2,(H,30,33)(H,31,32). The molecule has 0 heterocycles. The number of hydrogen-bond acceptors (Lipinski definition) is 3. The van der Waals surface area contributed by atoms with E-state index in [0.717, 1.165) is 43.9 Å². The number of nitrogens with one attached hydrogen (secondary N) is 2. The highest BCUT2D eigenvalue weighted by atomic mass is 32.2. The summed E-state index contributed by atoms with van der Waals surface area (Å²) < 4.78 is 93.0. The molecule has 0 radical (unpaired) electrons. The molecule has 2 aromatic rings. The molecular weight excluding hydrogens is 489 g/mol. The Bertz CT molecular complexity index is 1040. The van der Waals surface area contributed by atoms with E-state index in [2.05, 4.69) is 5.32 Å². The third-order valence-corrected chi connectivity index (χ3v) is 6.29. The lowest BCUT2D eigenvalue weighted by atomic mass is 9.88. The van der Waals surface area contributed by atoms with Gasteiger partial charge in [-0.15, -0.1) is 11.8 Å². The first-order valence-corrected chi connectivity index (χ1v) is 11.2. The van der Waals surface area contributed by atoms with E-state index in [1.54, 1.807) is 29.6 Å². The Balaban J connectivity index is 1.59. The summed E-state index contributed by atoms with van der Waals surface area (Å²) in [4.78, 5) is 24.8. The lowest BCUT2D eigenvalue weighted by Crippen LogP contribution is -2.24. The molecule has 0 bridgehead atoms. The zero-order valence-corrected chi connectivity index (χ0v) is 18.3. The van der Waals surface area contributed by atoms with Gasteiger partial charge in [0, 0.05) is 16.5 Å². The van der Waals surface area contributed by atoms with Gasteiger partial charge in [-0.3, -0.25) is 9.59 Å². The monoisotopic (exact) mass is 508 g/mol. The van der Waals surface area contributed by atoms with Gasteiger partial charge in [0.15, 0.2) is 23.3 Å². The molecule has 34 heavy (non-hydrogen) atoms. The number of carbonyl (C=O) groups is 2. The van der Waals surface area contributed by atoms with E-state index < -0.39 is 52.4 Å². The van der Waals surface area contributed by atoms with Gasteiger partial charge in [0.2, 0.25) is 11.8 Å². The molecule has 0 unspecified atom stereocenters. The normalized spacial score (nSPS) is 14.7. The average molecular weight is 508 g/mol. The van der Waals surface area contributed by atoms with Crippen molar-refractivity contribution in [1.82, 2.24) is 0 Å². The second-order valence-corrected chi connectivity index (χ2v) is 8.74. The van der Waals surface area contributed by atoms with Crippen LogP contribution in [0.1, 0.15) is 37.7 Å². The molecule has 12 heteroatoms. The molecule has 0 aromatic heterocycles. The number of halogens is 7. The molecule has 0 aliphatic heterocycles. The molecule has 2 aromatic carbocycles. The average Bonchev–Trinajstić information content (AvgIpc) is 2.80. The highest BCUT2D eigenvalue weighted by molar-refractivity contribution is 8.00. The minimum absolute atomic E-state index is 0.0350. The van der Waals surface area contributed by atoms with Crippen LogP contribution in [0.3, 0.4) is 0 Å². The highest BCUT2D eigenvalue weighted by Gasteiger charge is 2.42. The van der Waals surface area contributed by atoms with E-state index in [4.69, 9.17) is 0 Å². The Labute approximate surface area is 194 Å². The maximum absolute atomic E-state index is 13.9. The topological polar surface area (TPSA) is 58.2 Å². The summed E-state index contributed by atoms with van der Waals surface area (Å²) in [6, 6.07) is 6.35. The summed E-state index contributed by atoms with van der Waals surface area (Å²) in [6.07, 6.45) is -0.863. The summed E-state index contributed by atoms with van der Waals surface area (Å²) in [7, 11) is 0. The number of carbonyl (C=O) groups excluding carboxylic acids is 2. The zero-order valence-electron chi connectivity index (χ0n) is 17.5. The molecule has 184 valence electrons. The third-order valence-electron chi connectivity index (χ3n) is 5.28. The Kier molecular flexibility index (Phi) is 8.11. The molecule has 1 saturated carbocycles. The molecule has 1 fully saturated rings. The zero-order chi connectivity index (χ0) is 25.0. The van der Waals surface area contributed by atoms with Crippen molar-refractivity contribution in [3.63, 3.8) is 0 Å². The fourth-order valence-corrected chi connectivity index (χ4v) is 4.26. The van der Waals surface area contributed by atoms with E-state index in [9.17, 15) is 40.3 Å². The number of rotatable bonds is 6. The van der Waals surface area contributed by atoms with E-state index in [0.29, 0.717) is 10.6 Å². The lowest BCUT2D eigenvalue weighted by molar-refractivity contribution is -0.143. The van der Waals surface area contributed by atoms with Gasteiger partial charge in [0.1, 0.15) is 11.3 Å². The van der Waals surface area contributed by atoms with Crippen LogP contribution in [0.4, 0.5) is 42.1 Å². The van der Waals surface area contributed by atoms with Gasteiger partial charge in [-0.1, -0.05) is 19.3 Å². The minimum atomic E-state index is -5.67. The predicted molar refractivity (Wildman–Crippen MR) is 112 cm³/mol. The Morgan fingerprint density at radius 1 is 0.853 bits per heavy atom. The van der Waals surface area contributed by atoms with Crippen LogP contribution in [0.15, 0.2) is 29.2 Å². The van der Waals surface area contributed by atoms with Crippen LogP contribution in [0, 0.1) is 29.2 Å². The highest BCUT2D eigenvalue weighted by Crippen LogP contribution is 2.38. The van der Waals surface area contributed by atoms with Crippen LogP contribution in [-0.4, -0.2) is 17.6 Å². The maximum atomic E-state index is 13.9. The van der Waals surface area contributed by atoms with E-state index in [1.807, 2.05) is 0 Å². The van der Waals surface area contributed by atoms with E-state index >= 15 is 0 Å². The molecule has 4 nitrogen and oxygen atoms in total.